The number of hydrogen-bond acceptors (Lipinski definition) is 5. The van der Waals surface area contributed by atoms with Crippen molar-refractivity contribution in [3.05, 3.63) is 35.4 Å². The first kappa shape index (κ1) is 11.1. The lowest BCUT2D eigenvalue weighted by atomic mass is 10.2. The van der Waals surface area contributed by atoms with E-state index in [0.717, 1.165) is 17.1 Å². The molecule has 0 atom stereocenters. The fraction of sp³-hybridized carbons (Fsp3) is 0.273. The van der Waals surface area contributed by atoms with Crippen LogP contribution >= 0.6 is 0 Å². The van der Waals surface area contributed by atoms with E-state index >= 15 is 0 Å². The van der Waals surface area contributed by atoms with E-state index in [-0.39, 0.29) is 0 Å². The van der Waals surface area contributed by atoms with Crippen LogP contribution in [0, 0.1) is 18.3 Å². The molecule has 0 bridgehead atoms. The molecule has 1 N–H and O–H groups in total. The van der Waals surface area contributed by atoms with E-state index in [1.807, 2.05) is 19.1 Å². The third kappa shape index (κ3) is 2.78. The number of rotatable bonds is 3. The molecule has 0 unspecified atom stereocenters. The summed E-state index contributed by atoms with van der Waals surface area (Å²) in [4.78, 5) is 5.59. The second-order valence-electron chi connectivity index (χ2n) is 3.67. The highest BCUT2D eigenvalue weighted by Crippen LogP contribution is 2.11. The van der Waals surface area contributed by atoms with Crippen molar-refractivity contribution in [3.63, 3.8) is 0 Å². The summed E-state index contributed by atoms with van der Waals surface area (Å²) in [5, 5.41) is 20.1. The monoisotopic (exact) mass is 228 g/mol. The normalized spacial score (nSPS) is 9.94. The van der Waals surface area contributed by atoms with E-state index in [0.29, 0.717) is 12.2 Å². The van der Waals surface area contributed by atoms with Crippen LogP contribution in [-0.4, -0.2) is 20.0 Å². The van der Waals surface area contributed by atoms with E-state index in [9.17, 15) is 0 Å². The highest BCUT2D eigenvalue weighted by atomic mass is 15.4. The minimum absolute atomic E-state index is 0.409. The van der Waals surface area contributed by atoms with Gasteiger partial charge in [0.1, 0.15) is 17.5 Å². The van der Waals surface area contributed by atoms with E-state index in [1.165, 1.54) is 4.80 Å². The molecule has 0 aliphatic heterocycles. The van der Waals surface area contributed by atoms with Crippen LogP contribution in [0.3, 0.4) is 0 Å². The standard InChI is InChI=1S/C11H12N6/c1-8-3-9(4-10(5-12)15-8)13-6-11-7-14-17(2)16-11/h3-4,7H,6H2,1-2H3,(H,13,15). The topological polar surface area (TPSA) is 79.4 Å². The Morgan fingerprint density at radius 1 is 1.47 bits per heavy atom. The van der Waals surface area contributed by atoms with Crippen molar-refractivity contribution in [1.29, 1.82) is 5.26 Å². The lowest BCUT2D eigenvalue weighted by Crippen LogP contribution is -2.02. The first-order valence-corrected chi connectivity index (χ1v) is 5.15. The van der Waals surface area contributed by atoms with Crippen molar-refractivity contribution in [2.24, 2.45) is 7.05 Å². The molecule has 0 spiro atoms. The van der Waals surface area contributed by atoms with Crippen LogP contribution < -0.4 is 5.32 Å². The van der Waals surface area contributed by atoms with Gasteiger partial charge < -0.3 is 5.32 Å². The summed E-state index contributed by atoms with van der Waals surface area (Å²) in [5.41, 5.74) is 2.93. The molecule has 6 heteroatoms. The van der Waals surface area contributed by atoms with Gasteiger partial charge in [0, 0.05) is 18.4 Å². The maximum atomic E-state index is 8.81. The summed E-state index contributed by atoms with van der Waals surface area (Å²) in [6.07, 6.45) is 1.70. The number of anilines is 1. The highest BCUT2D eigenvalue weighted by Gasteiger charge is 2.01. The smallest absolute Gasteiger partial charge is 0.142 e. The average Bonchev–Trinajstić information content (AvgIpc) is 2.72. The molecule has 0 saturated carbocycles. The van der Waals surface area contributed by atoms with Crippen molar-refractivity contribution < 1.29 is 0 Å². The number of nitrogens with zero attached hydrogens (tertiary/aromatic N) is 5. The van der Waals surface area contributed by atoms with Gasteiger partial charge in [-0.2, -0.15) is 20.3 Å². The molecule has 0 aliphatic carbocycles. The van der Waals surface area contributed by atoms with Gasteiger partial charge >= 0.3 is 0 Å². The molecule has 2 rings (SSSR count). The fourth-order valence-electron chi connectivity index (χ4n) is 1.49. The molecule has 2 aromatic rings. The molecular formula is C11H12N6. The molecular weight excluding hydrogens is 216 g/mol. The molecule has 0 fully saturated rings. The van der Waals surface area contributed by atoms with Crippen LogP contribution in [0.15, 0.2) is 18.3 Å². The van der Waals surface area contributed by atoms with Gasteiger partial charge in [-0.1, -0.05) is 0 Å². The Kier molecular flexibility index (Phi) is 3.01. The predicted octanol–water partition coefficient (Wildman–Crippen LogP) is 1.00. The Labute approximate surface area is 98.9 Å². The third-order valence-electron chi connectivity index (χ3n) is 2.19. The Bertz CT molecular complexity index is 566. The van der Waals surface area contributed by atoms with Gasteiger partial charge in [-0.25, -0.2) is 4.98 Å². The molecule has 0 saturated heterocycles. The largest absolute Gasteiger partial charge is 0.379 e. The number of nitriles is 1. The molecule has 0 aliphatic rings. The third-order valence-corrected chi connectivity index (χ3v) is 2.19. The Hall–Kier alpha value is -2.42. The number of aromatic nitrogens is 4. The summed E-state index contributed by atoms with van der Waals surface area (Å²) in [6, 6.07) is 5.63. The van der Waals surface area contributed by atoms with Gasteiger partial charge in [0.2, 0.25) is 0 Å². The Balaban J connectivity index is 2.09. The van der Waals surface area contributed by atoms with Gasteiger partial charge in [-0.05, 0) is 19.1 Å². The summed E-state index contributed by atoms with van der Waals surface area (Å²) in [5.74, 6) is 0. The predicted molar refractivity (Wildman–Crippen MR) is 62.0 cm³/mol. The minimum atomic E-state index is 0.409. The van der Waals surface area contributed by atoms with Crippen LogP contribution in [0.5, 0.6) is 0 Å². The van der Waals surface area contributed by atoms with Gasteiger partial charge in [0.05, 0.1) is 12.7 Å². The zero-order valence-electron chi connectivity index (χ0n) is 9.68. The van der Waals surface area contributed by atoms with Crippen molar-refractivity contribution in [2.75, 3.05) is 5.32 Å². The molecule has 0 amide bonds. The number of pyridine rings is 1. The molecule has 17 heavy (non-hydrogen) atoms. The average molecular weight is 228 g/mol. The van der Waals surface area contributed by atoms with Crippen molar-refractivity contribution in [2.45, 2.75) is 13.5 Å². The number of hydrogen-bond donors (Lipinski definition) is 1. The SMILES string of the molecule is Cc1cc(NCc2cnn(C)n2)cc(C#N)n1. The van der Waals surface area contributed by atoms with E-state index in [1.54, 1.807) is 19.3 Å². The van der Waals surface area contributed by atoms with Crippen molar-refractivity contribution >= 4 is 5.69 Å². The molecule has 0 radical (unpaired) electrons. The van der Waals surface area contributed by atoms with Crippen LogP contribution in [0.1, 0.15) is 17.1 Å². The van der Waals surface area contributed by atoms with Crippen LogP contribution in [0.2, 0.25) is 0 Å². The summed E-state index contributed by atoms with van der Waals surface area (Å²) in [6.45, 7) is 2.43. The minimum Gasteiger partial charge on any atom is -0.379 e. The summed E-state index contributed by atoms with van der Waals surface area (Å²) < 4.78 is 0. The van der Waals surface area contributed by atoms with Crippen LogP contribution in [-0.2, 0) is 13.6 Å². The first-order valence-electron chi connectivity index (χ1n) is 5.15. The maximum absolute atomic E-state index is 8.81. The van der Waals surface area contributed by atoms with E-state index < -0.39 is 0 Å². The second kappa shape index (κ2) is 4.61. The number of nitrogens with one attached hydrogen (secondary N) is 1. The lowest BCUT2D eigenvalue weighted by Gasteiger charge is -2.05. The van der Waals surface area contributed by atoms with Gasteiger partial charge in [0.15, 0.2) is 0 Å². The Morgan fingerprint density at radius 3 is 2.94 bits per heavy atom. The van der Waals surface area contributed by atoms with Crippen LogP contribution in [0.25, 0.3) is 0 Å². The fourth-order valence-corrected chi connectivity index (χ4v) is 1.49. The van der Waals surface area contributed by atoms with E-state index in [2.05, 4.69) is 20.5 Å². The summed E-state index contributed by atoms with van der Waals surface area (Å²) >= 11 is 0. The summed E-state index contributed by atoms with van der Waals surface area (Å²) in [7, 11) is 1.77. The van der Waals surface area contributed by atoms with E-state index in [4.69, 9.17) is 5.26 Å². The molecule has 2 heterocycles. The maximum Gasteiger partial charge on any atom is 0.142 e. The van der Waals surface area contributed by atoms with Gasteiger partial charge in [0.25, 0.3) is 0 Å². The zero-order chi connectivity index (χ0) is 12.3. The molecule has 6 nitrogen and oxygen atoms in total. The highest BCUT2D eigenvalue weighted by molar-refractivity contribution is 5.47. The second-order valence-corrected chi connectivity index (χ2v) is 3.67. The van der Waals surface area contributed by atoms with Gasteiger partial charge in [-0.15, -0.1) is 0 Å². The van der Waals surface area contributed by atoms with Crippen molar-refractivity contribution in [1.82, 2.24) is 20.0 Å². The first-order chi connectivity index (χ1) is 8.17. The molecule has 0 aromatic carbocycles. The number of aryl methyl sites for hydroxylation is 2. The van der Waals surface area contributed by atoms with Crippen molar-refractivity contribution in [3.8, 4) is 6.07 Å². The Morgan fingerprint density at radius 2 is 2.29 bits per heavy atom. The van der Waals surface area contributed by atoms with Gasteiger partial charge in [-0.3, -0.25) is 0 Å². The molecule has 2 aromatic heterocycles. The zero-order valence-corrected chi connectivity index (χ0v) is 9.68. The lowest BCUT2D eigenvalue weighted by molar-refractivity contribution is 0.646. The quantitative estimate of drug-likeness (QED) is 0.847. The molecule has 86 valence electrons. The van der Waals surface area contributed by atoms with Crippen LogP contribution in [0.4, 0.5) is 5.69 Å².